The second kappa shape index (κ2) is 4.80. The number of nitrogens with zero attached hydrogens (tertiary/aromatic N) is 2. The van der Waals surface area contributed by atoms with Gasteiger partial charge >= 0.3 is 0 Å². The molecule has 4 heteroatoms. The first kappa shape index (κ1) is 11.5. The molecule has 0 aromatic carbocycles. The molecule has 1 heterocycles. The molecule has 0 amide bonds. The molecule has 0 saturated carbocycles. The average Bonchev–Trinajstić information content (AvgIpc) is 2.40. The Morgan fingerprint density at radius 2 is 2.21 bits per heavy atom. The van der Waals surface area contributed by atoms with Gasteiger partial charge in [-0.25, -0.2) is 0 Å². The summed E-state index contributed by atoms with van der Waals surface area (Å²) in [7, 11) is 1.83. The van der Waals surface area contributed by atoms with E-state index in [1.807, 2.05) is 14.0 Å². The summed E-state index contributed by atoms with van der Waals surface area (Å²) >= 11 is 6.09. The first-order valence-corrected chi connectivity index (χ1v) is 5.26. The Bertz CT molecular complexity index is 305. The fraction of sp³-hybridized carbons (Fsp3) is 0.700. The SMILES string of the molecule is CCC(CO)Cc1c(C)nn(C)c1Cl. The standard InChI is InChI=1S/C10H17ClN2O/c1-4-8(6-14)5-9-7(2)12-13(3)10(9)11/h8,14H,4-6H2,1-3H3. The van der Waals surface area contributed by atoms with E-state index in [2.05, 4.69) is 12.0 Å². The smallest absolute Gasteiger partial charge is 0.130 e. The van der Waals surface area contributed by atoms with E-state index in [-0.39, 0.29) is 12.5 Å². The van der Waals surface area contributed by atoms with Gasteiger partial charge in [0, 0.05) is 19.2 Å². The Kier molecular flexibility index (Phi) is 3.96. The van der Waals surface area contributed by atoms with Crippen LogP contribution < -0.4 is 0 Å². The molecule has 0 aliphatic rings. The van der Waals surface area contributed by atoms with Crippen LogP contribution in [0.4, 0.5) is 0 Å². The minimum atomic E-state index is 0.209. The lowest BCUT2D eigenvalue weighted by Crippen LogP contribution is -2.08. The van der Waals surface area contributed by atoms with Crippen molar-refractivity contribution in [2.75, 3.05) is 6.61 Å². The minimum absolute atomic E-state index is 0.209. The zero-order chi connectivity index (χ0) is 10.7. The molecule has 0 saturated heterocycles. The fourth-order valence-electron chi connectivity index (χ4n) is 1.53. The highest BCUT2D eigenvalue weighted by Crippen LogP contribution is 2.22. The van der Waals surface area contributed by atoms with Crippen LogP contribution in [0.25, 0.3) is 0 Å². The third-order valence-corrected chi connectivity index (χ3v) is 3.07. The molecule has 0 fully saturated rings. The molecule has 1 unspecified atom stereocenters. The van der Waals surface area contributed by atoms with E-state index >= 15 is 0 Å². The van der Waals surface area contributed by atoms with Gasteiger partial charge in [0.25, 0.3) is 0 Å². The van der Waals surface area contributed by atoms with Gasteiger partial charge in [0.05, 0.1) is 5.69 Å². The molecule has 0 radical (unpaired) electrons. The normalized spacial score (nSPS) is 13.2. The number of hydrogen-bond acceptors (Lipinski definition) is 2. The van der Waals surface area contributed by atoms with Gasteiger partial charge < -0.3 is 5.11 Å². The summed E-state index contributed by atoms with van der Waals surface area (Å²) in [6, 6.07) is 0. The second-order valence-corrected chi connectivity index (χ2v) is 4.00. The number of aromatic nitrogens is 2. The molecule has 0 spiro atoms. The quantitative estimate of drug-likeness (QED) is 0.836. The molecule has 0 bridgehead atoms. The first-order valence-electron chi connectivity index (χ1n) is 4.89. The number of aryl methyl sites for hydroxylation is 2. The summed E-state index contributed by atoms with van der Waals surface area (Å²) in [5, 5.41) is 14.0. The maximum atomic E-state index is 9.11. The Balaban J connectivity index is 2.84. The third kappa shape index (κ3) is 2.28. The van der Waals surface area contributed by atoms with Crippen LogP contribution in [0.15, 0.2) is 0 Å². The zero-order valence-corrected chi connectivity index (χ0v) is 9.67. The number of rotatable bonds is 4. The van der Waals surface area contributed by atoms with Gasteiger partial charge in [0.1, 0.15) is 5.15 Å². The predicted octanol–water partition coefficient (Wildman–Crippen LogP) is 1.94. The van der Waals surface area contributed by atoms with Gasteiger partial charge in [0.2, 0.25) is 0 Å². The van der Waals surface area contributed by atoms with Crippen LogP contribution in [0.5, 0.6) is 0 Å². The van der Waals surface area contributed by atoms with E-state index < -0.39 is 0 Å². The Labute approximate surface area is 89.7 Å². The third-order valence-electron chi connectivity index (χ3n) is 2.60. The van der Waals surface area contributed by atoms with Crippen LogP contribution in [-0.2, 0) is 13.5 Å². The van der Waals surface area contributed by atoms with Gasteiger partial charge in [0.15, 0.2) is 0 Å². The topological polar surface area (TPSA) is 38.1 Å². The van der Waals surface area contributed by atoms with E-state index in [0.29, 0.717) is 5.15 Å². The van der Waals surface area contributed by atoms with Crippen LogP contribution in [0.2, 0.25) is 5.15 Å². The summed E-state index contributed by atoms with van der Waals surface area (Å²) < 4.78 is 1.68. The Morgan fingerprint density at radius 3 is 2.57 bits per heavy atom. The first-order chi connectivity index (χ1) is 6.60. The lowest BCUT2D eigenvalue weighted by molar-refractivity contribution is 0.222. The summed E-state index contributed by atoms with van der Waals surface area (Å²) in [5.41, 5.74) is 2.03. The summed E-state index contributed by atoms with van der Waals surface area (Å²) in [6.45, 7) is 4.23. The highest BCUT2D eigenvalue weighted by atomic mass is 35.5. The van der Waals surface area contributed by atoms with E-state index in [1.165, 1.54) is 0 Å². The molecule has 3 nitrogen and oxygen atoms in total. The molecular weight excluding hydrogens is 200 g/mol. The van der Waals surface area contributed by atoms with Gasteiger partial charge in [-0.05, 0) is 19.3 Å². The Hall–Kier alpha value is -0.540. The summed E-state index contributed by atoms with van der Waals surface area (Å²) in [6.07, 6.45) is 1.77. The van der Waals surface area contributed by atoms with Crippen LogP contribution in [0.3, 0.4) is 0 Å². The molecule has 0 aliphatic carbocycles. The molecule has 1 rings (SSSR count). The van der Waals surface area contributed by atoms with Gasteiger partial charge in [-0.15, -0.1) is 0 Å². The van der Waals surface area contributed by atoms with Gasteiger partial charge in [-0.2, -0.15) is 5.10 Å². The van der Waals surface area contributed by atoms with Crippen LogP contribution in [-0.4, -0.2) is 21.5 Å². The molecule has 1 aromatic heterocycles. The monoisotopic (exact) mass is 216 g/mol. The van der Waals surface area contributed by atoms with Crippen molar-refractivity contribution in [3.63, 3.8) is 0 Å². The molecule has 1 aromatic rings. The second-order valence-electron chi connectivity index (χ2n) is 3.64. The largest absolute Gasteiger partial charge is 0.396 e. The summed E-state index contributed by atoms with van der Waals surface area (Å²) in [5.74, 6) is 0.287. The number of aliphatic hydroxyl groups is 1. The van der Waals surface area contributed by atoms with Crippen LogP contribution >= 0.6 is 11.6 Å². The molecule has 80 valence electrons. The molecule has 1 atom stereocenters. The van der Waals surface area contributed by atoms with Crippen LogP contribution in [0.1, 0.15) is 24.6 Å². The van der Waals surface area contributed by atoms with Crippen molar-refractivity contribution in [2.24, 2.45) is 13.0 Å². The molecular formula is C10H17ClN2O. The zero-order valence-electron chi connectivity index (χ0n) is 8.92. The highest BCUT2D eigenvalue weighted by molar-refractivity contribution is 6.30. The molecule has 1 N–H and O–H groups in total. The highest BCUT2D eigenvalue weighted by Gasteiger charge is 2.15. The van der Waals surface area contributed by atoms with E-state index in [4.69, 9.17) is 16.7 Å². The maximum Gasteiger partial charge on any atom is 0.130 e. The van der Waals surface area contributed by atoms with E-state index in [1.54, 1.807) is 4.68 Å². The lowest BCUT2D eigenvalue weighted by Gasteiger charge is -2.10. The van der Waals surface area contributed by atoms with Crippen molar-refractivity contribution in [1.82, 2.24) is 9.78 Å². The maximum absolute atomic E-state index is 9.11. The van der Waals surface area contributed by atoms with Crippen molar-refractivity contribution < 1.29 is 5.11 Å². The van der Waals surface area contributed by atoms with Crippen molar-refractivity contribution >= 4 is 11.6 Å². The van der Waals surface area contributed by atoms with E-state index in [0.717, 1.165) is 24.1 Å². The summed E-state index contributed by atoms with van der Waals surface area (Å²) in [4.78, 5) is 0. The van der Waals surface area contributed by atoms with Crippen LogP contribution in [0, 0.1) is 12.8 Å². The predicted molar refractivity (Wildman–Crippen MR) is 57.5 cm³/mol. The van der Waals surface area contributed by atoms with Crippen molar-refractivity contribution in [3.8, 4) is 0 Å². The molecule has 14 heavy (non-hydrogen) atoms. The van der Waals surface area contributed by atoms with Crippen molar-refractivity contribution in [2.45, 2.75) is 26.7 Å². The fourth-order valence-corrected chi connectivity index (χ4v) is 1.78. The van der Waals surface area contributed by atoms with Crippen molar-refractivity contribution in [1.29, 1.82) is 0 Å². The lowest BCUT2D eigenvalue weighted by atomic mass is 9.98. The van der Waals surface area contributed by atoms with E-state index in [9.17, 15) is 0 Å². The van der Waals surface area contributed by atoms with Gasteiger partial charge in [-0.1, -0.05) is 24.9 Å². The minimum Gasteiger partial charge on any atom is -0.396 e. The molecule has 0 aliphatic heterocycles. The number of aliphatic hydroxyl groups excluding tert-OH is 1. The number of halogens is 1. The average molecular weight is 217 g/mol. The number of hydrogen-bond donors (Lipinski definition) is 1. The van der Waals surface area contributed by atoms with Crippen molar-refractivity contribution in [3.05, 3.63) is 16.4 Å². The Morgan fingerprint density at radius 1 is 1.57 bits per heavy atom. The van der Waals surface area contributed by atoms with Gasteiger partial charge in [-0.3, -0.25) is 4.68 Å².